The molecule has 1 heterocycles. The Morgan fingerprint density at radius 2 is 1.82 bits per heavy atom. The van der Waals surface area contributed by atoms with Gasteiger partial charge in [-0.25, -0.2) is 4.39 Å². The monoisotopic (exact) mass is 588 g/mol. The van der Waals surface area contributed by atoms with Gasteiger partial charge >= 0.3 is 0 Å². The van der Waals surface area contributed by atoms with E-state index in [0.717, 1.165) is 20.2 Å². The number of carbonyl (C=O) groups excluding carboxylic acids is 3. The first kappa shape index (κ1) is 24.0. The largest absolute Gasteiger partial charge is 0.489 e. The first-order chi connectivity index (χ1) is 16.4. The molecule has 1 aliphatic heterocycles. The molecule has 34 heavy (non-hydrogen) atoms. The molecule has 1 N–H and O–H groups in total. The lowest BCUT2D eigenvalue weighted by Crippen LogP contribution is -2.36. The topological polar surface area (TPSA) is 75.7 Å². The van der Waals surface area contributed by atoms with Gasteiger partial charge in [0, 0.05) is 14.8 Å². The minimum atomic E-state index is -0.537. The van der Waals surface area contributed by atoms with Crippen molar-refractivity contribution in [2.75, 3.05) is 11.9 Å². The Balaban J connectivity index is 1.40. The van der Waals surface area contributed by atoms with Crippen molar-refractivity contribution in [2.45, 2.75) is 6.61 Å². The maximum atomic E-state index is 13.8. The second-order valence-corrected chi connectivity index (χ2v) is 9.51. The van der Waals surface area contributed by atoms with Gasteiger partial charge in [0.1, 0.15) is 24.7 Å². The Kier molecular flexibility index (Phi) is 7.63. The number of imide groups is 1. The molecule has 0 aromatic heterocycles. The highest BCUT2D eigenvalue weighted by Gasteiger charge is 2.36. The number of nitrogens with zero attached hydrogens (tertiary/aromatic N) is 1. The summed E-state index contributed by atoms with van der Waals surface area (Å²) < 4.78 is 20.5. The summed E-state index contributed by atoms with van der Waals surface area (Å²) in [5.74, 6) is -0.856. The second-order valence-electron chi connectivity index (χ2n) is 7.28. The Labute approximate surface area is 213 Å². The van der Waals surface area contributed by atoms with Gasteiger partial charge < -0.3 is 10.1 Å². The van der Waals surface area contributed by atoms with E-state index >= 15 is 0 Å². The van der Waals surface area contributed by atoms with Crippen LogP contribution in [0.3, 0.4) is 0 Å². The van der Waals surface area contributed by atoms with E-state index in [1.54, 1.807) is 60.7 Å². The van der Waals surface area contributed by atoms with Crippen LogP contribution in [0, 0.1) is 9.39 Å². The van der Waals surface area contributed by atoms with Gasteiger partial charge in [-0.05, 0) is 88.5 Å². The molecular weight excluding hydrogens is 570 g/mol. The molecular formula is C25H18FIN2O4S. The van der Waals surface area contributed by atoms with Crippen LogP contribution in [-0.2, 0) is 16.2 Å². The van der Waals surface area contributed by atoms with Crippen LogP contribution in [0.2, 0.25) is 0 Å². The van der Waals surface area contributed by atoms with Crippen LogP contribution in [0.4, 0.5) is 14.9 Å². The average molecular weight is 588 g/mol. The molecule has 6 nitrogen and oxygen atoms in total. The van der Waals surface area contributed by atoms with E-state index in [1.807, 2.05) is 12.1 Å². The lowest BCUT2D eigenvalue weighted by molar-refractivity contribution is -0.127. The zero-order valence-corrected chi connectivity index (χ0v) is 20.6. The third-order valence-electron chi connectivity index (χ3n) is 4.81. The predicted octanol–water partition coefficient (Wildman–Crippen LogP) is 5.68. The number of amides is 3. The molecule has 4 rings (SSSR count). The molecule has 0 radical (unpaired) electrons. The molecule has 0 bridgehead atoms. The lowest BCUT2D eigenvalue weighted by atomic mass is 10.2. The van der Waals surface area contributed by atoms with E-state index in [9.17, 15) is 18.8 Å². The summed E-state index contributed by atoms with van der Waals surface area (Å²) >= 11 is 2.93. The average Bonchev–Trinajstić information content (AvgIpc) is 3.07. The third kappa shape index (κ3) is 6.03. The summed E-state index contributed by atoms with van der Waals surface area (Å²) in [7, 11) is 0. The smallest absolute Gasteiger partial charge is 0.294 e. The van der Waals surface area contributed by atoms with Gasteiger partial charge in [-0.1, -0.05) is 30.3 Å². The van der Waals surface area contributed by atoms with Crippen molar-refractivity contribution in [2.24, 2.45) is 0 Å². The highest BCUT2D eigenvalue weighted by Crippen LogP contribution is 2.32. The van der Waals surface area contributed by atoms with Crippen LogP contribution in [-0.4, -0.2) is 28.5 Å². The Hall–Kier alpha value is -3.18. The third-order valence-corrected chi connectivity index (χ3v) is 6.44. The molecule has 0 saturated carbocycles. The van der Waals surface area contributed by atoms with E-state index in [2.05, 4.69) is 27.9 Å². The number of ether oxygens (including phenoxy) is 1. The van der Waals surface area contributed by atoms with Crippen molar-refractivity contribution in [1.29, 1.82) is 0 Å². The van der Waals surface area contributed by atoms with Crippen LogP contribution in [0.15, 0.2) is 77.7 Å². The maximum Gasteiger partial charge on any atom is 0.294 e. The van der Waals surface area contributed by atoms with Crippen molar-refractivity contribution in [3.63, 3.8) is 0 Å². The molecule has 1 fully saturated rings. The summed E-state index contributed by atoms with van der Waals surface area (Å²) in [5.41, 5.74) is 1.65. The van der Waals surface area contributed by atoms with Gasteiger partial charge in [-0.3, -0.25) is 19.3 Å². The van der Waals surface area contributed by atoms with Gasteiger partial charge in [0.25, 0.3) is 11.1 Å². The van der Waals surface area contributed by atoms with Crippen molar-refractivity contribution in [3.05, 3.63) is 98.2 Å². The summed E-state index contributed by atoms with van der Waals surface area (Å²) in [6.07, 6.45) is 1.57. The summed E-state index contributed by atoms with van der Waals surface area (Å²) in [5, 5.41) is 2.17. The molecule has 9 heteroatoms. The van der Waals surface area contributed by atoms with E-state index in [1.165, 1.54) is 6.07 Å². The normalized spacial score (nSPS) is 14.5. The van der Waals surface area contributed by atoms with Gasteiger partial charge in [-0.15, -0.1) is 0 Å². The van der Waals surface area contributed by atoms with Crippen molar-refractivity contribution in [3.8, 4) is 5.75 Å². The number of nitrogens with one attached hydrogen (secondary N) is 1. The Morgan fingerprint density at radius 1 is 1.06 bits per heavy atom. The van der Waals surface area contributed by atoms with Crippen molar-refractivity contribution < 1.29 is 23.5 Å². The van der Waals surface area contributed by atoms with E-state index in [0.29, 0.717) is 22.6 Å². The van der Waals surface area contributed by atoms with E-state index in [-0.39, 0.29) is 23.9 Å². The highest BCUT2D eigenvalue weighted by molar-refractivity contribution is 14.1. The molecule has 3 aromatic rings. The number of carbonyl (C=O) groups is 3. The number of halogens is 2. The van der Waals surface area contributed by atoms with E-state index < -0.39 is 17.1 Å². The SMILES string of the molecule is O=C(CN1C(=O)S/C(=C/c2cccc(OCc3ccccc3F)c2)C1=O)Nc1ccc(I)cc1. The zero-order chi connectivity index (χ0) is 24.1. The van der Waals surface area contributed by atoms with Gasteiger partial charge in [0.2, 0.25) is 5.91 Å². The number of hydrogen-bond acceptors (Lipinski definition) is 5. The maximum absolute atomic E-state index is 13.8. The molecule has 3 amide bonds. The zero-order valence-electron chi connectivity index (χ0n) is 17.7. The standard InChI is InChI=1S/C25H18FIN2O4S/c26-21-7-2-1-5-17(21)15-33-20-6-3-4-16(12-20)13-22-24(31)29(25(32)34-22)14-23(30)28-19-10-8-18(27)9-11-19/h1-13H,14-15H2,(H,28,30)/b22-13+. The molecule has 0 unspecified atom stereocenters. The number of anilines is 1. The first-order valence-corrected chi connectivity index (χ1v) is 12.1. The molecule has 0 aliphatic carbocycles. The molecule has 172 valence electrons. The van der Waals surface area contributed by atoms with Gasteiger partial charge in [0.05, 0.1) is 4.91 Å². The number of benzene rings is 3. The molecule has 1 aliphatic rings. The van der Waals surface area contributed by atoms with Gasteiger partial charge in [0.15, 0.2) is 0 Å². The summed E-state index contributed by atoms with van der Waals surface area (Å²) in [6.45, 7) is -0.317. The quantitative estimate of drug-likeness (QED) is 0.284. The van der Waals surface area contributed by atoms with Crippen LogP contribution < -0.4 is 10.1 Å². The number of hydrogen-bond donors (Lipinski definition) is 1. The summed E-state index contributed by atoms with van der Waals surface area (Å²) in [6, 6.07) is 20.4. The number of rotatable bonds is 7. The Morgan fingerprint density at radius 3 is 2.59 bits per heavy atom. The Bertz CT molecular complexity index is 1280. The predicted molar refractivity (Wildman–Crippen MR) is 138 cm³/mol. The van der Waals surface area contributed by atoms with E-state index in [4.69, 9.17) is 4.74 Å². The fraction of sp³-hybridized carbons (Fsp3) is 0.0800. The highest BCUT2D eigenvalue weighted by atomic mass is 127. The van der Waals surface area contributed by atoms with Crippen LogP contribution in [0.5, 0.6) is 5.75 Å². The lowest BCUT2D eigenvalue weighted by Gasteiger charge is -2.12. The first-order valence-electron chi connectivity index (χ1n) is 10.2. The minimum Gasteiger partial charge on any atom is -0.489 e. The van der Waals surface area contributed by atoms with Crippen LogP contribution >= 0.6 is 34.4 Å². The van der Waals surface area contributed by atoms with Crippen molar-refractivity contribution in [1.82, 2.24) is 4.90 Å². The second kappa shape index (κ2) is 10.8. The molecule has 3 aromatic carbocycles. The fourth-order valence-electron chi connectivity index (χ4n) is 3.14. The number of thioether (sulfide) groups is 1. The summed E-state index contributed by atoms with van der Waals surface area (Å²) in [4.78, 5) is 38.6. The molecule has 1 saturated heterocycles. The van der Waals surface area contributed by atoms with Crippen LogP contribution in [0.25, 0.3) is 6.08 Å². The molecule has 0 atom stereocenters. The van der Waals surface area contributed by atoms with Crippen LogP contribution in [0.1, 0.15) is 11.1 Å². The minimum absolute atomic E-state index is 0.0579. The van der Waals surface area contributed by atoms with Gasteiger partial charge in [-0.2, -0.15) is 0 Å². The fourth-order valence-corrected chi connectivity index (χ4v) is 4.33. The molecule has 0 spiro atoms. The van der Waals surface area contributed by atoms with Crippen molar-refractivity contribution >= 4 is 63.2 Å².